The van der Waals surface area contributed by atoms with Crippen molar-refractivity contribution in [3.63, 3.8) is 0 Å². The fourth-order valence-corrected chi connectivity index (χ4v) is 5.22. The van der Waals surface area contributed by atoms with Crippen molar-refractivity contribution in [3.8, 4) is 0 Å². The molecule has 2 amide bonds. The topological polar surface area (TPSA) is 179 Å². The molecule has 1 aliphatic rings. The molecule has 0 radical (unpaired) electrons. The lowest BCUT2D eigenvalue weighted by Gasteiger charge is -2.20. The summed E-state index contributed by atoms with van der Waals surface area (Å²) < 4.78 is 0. The molecule has 12 heteroatoms. The molecule has 0 aliphatic carbocycles. The summed E-state index contributed by atoms with van der Waals surface area (Å²) in [6.45, 7) is -0.611. The number of carboxylic acid groups (broad SMARTS) is 2. The molecule has 0 spiro atoms. The number of hydrogen-bond donors (Lipinski definition) is 6. The first kappa shape index (κ1) is 25.7. The van der Waals surface area contributed by atoms with E-state index < -0.39 is 47.8 Å². The summed E-state index contributed by atoms with van der Waals surface area (Å²) >= 11 is 2.53. The van der Waals surface area contributed by atoms with Gasteiger partial charge in [-0.25, -0.2) is 0 Å². The van der Waals surface area contributed by atoms with Gasteiger partial charge in [-0.2, -0.15) is 0 Å². The minimum atomic E-state index is -1.24. The molecule has 174 valence electrons. The van der Waals surface area contributed by atoms with Crippen molar-refractivity contribution in [2.45, 2.75) is 35.6 Å². The molecule has 32 heavy (non-hydrogen) atoms. The summed E-state index contributed by atoms with van der Waals surface area (Å²) in [6, 6.07) is 7.22. The third kappa shape index (κ3) is 8.19. The van der Waals surface area contributed by atoms with E-state index in [0.29, 0.717) is 0 Å². The zero-order valence-corrected chi connectivity index (χ0v) is 18.6. The van der Waals surface area contributed by atoms with E-state index in [2.05, 4.69) is 10.6 Å². The van der Waals surface area contributed by atoms with E-state index in [1.54, 1.807) is 0 Å². The molecule has 7 N–H and O–H groups in total. The molecule has 0 bridgehead atoms. The zero-order valence-electron chi connectivity index (χ0n) is 17.0. The van der Waals surface area contributed by atoms with Crippen LogP contribution in [0, 0.1) is 0 Å². The Hall–Kier alpha value is -2.54. The average Bonchev–Trinajstić information content (AvgIpc) is 3.14. The molecule has 0 aromatic heterocycles. The van der Waals surface area contributed by atoms with Crippen LogP contribution in [0.4, 0.5) is 0 Å². The number of benzene rings is 1. The number of carbonyl (C=O) groups excluding carboxylic acids is 2. The van der Waals surface area contributed by atoms with Crippen LogP contribution in [0.25, 0.3) is 4.91 Å². The number of thioether (sulfide) groups is 2. The normalized spacial score (nSPS) is 19.5. The van der Waals surface area contributed by atoms with Crippen molar-refractivity contribution in [3.05, 3.63) is 42.0 Å². The molecule has 2 rings (SSSR count). The monoisotopic (exact) mass is 483 g/mol. The highest BCUT2D eigenvalue weighted by atomic mass is 32.2. The Labute approximate surface area is 193 Å². The van der Waals surface area contributed by atoms with E-state index in [0.717, 1.165) is 10.5 Å². The van der Waals surface area contributed by atoms with E-state index in [1.807, 2.05) is 36.4 Å². The van der Waals surface area contributed by atoms with Gasteiger partial charge in [0, 0.05) is 17.1 Å². The second-order valence-corrected chi connectivity index (χ2v) is 9.29. The first-order valence-electron chi connectivity index (χ1n) is 9.68. The lowest BCUT2D eigenvalue weighted by Crippen LogP contribution is -2.49. The molecule has 4 atom stereocenters. The van der Waals surface area contributed by atoms with Crippen LogP contribution >= 0.6 is 23.5 Å². The van der Waals surface area contributed by atoms with Gasteiger partial charge in [-0.3, -0.25) is 19.2 Å². The maximum absolute atomic E-state index is 12.4. The van der Waals surface area contributed by atoms with Gasteiger partial charge in [0.2, 0.25) is 11.8 Å². The van der Waals surface area contributed by atoms with Crippen molar-refractivity contribution >= 4 is 52.2 Å². The Morgan fingerprint density at radius 3 is 2.47 bits per heavy atom. The molecule has 1 heterocycles. The number of rotatable bonds is 12. The number of aliphatic hydroxyl groups excluding tert-OH is 1. The number of hydrogen-bond acceptors (Lipinski definition) is 8. The molecule has 10 nitrogen and oxygen atoms in total. The SMILES string of the molecule is N[C@@H](CCC(=O)N[C@@H](CSC1C=C(c2ccccc2)S[C@H]1O)C(=O)NCC(=O)O)C(=O)O. The molecule has 1 aromatic rings. The lowest BCUT2D eigenvalue weighted by atomic mass is 10.1. The number of aliphatic carboxylic acids is 2. The predicted octanol–water partition coefficient (Wildman–Crippen LogP) is 0.0722. The number of nitrogens with two attached hydrogens (primary N) is 1. The van der Waals surface area contributed by atoms with Crippen LogP contribution in [0.5, 0.6) is 0 Å². The number of carboxylic acids is 2. The molecule has 0 saturated heterocycles. The fraction of sp³-hybridized carbons (Fsp3) is 0.400. The Bertz CT molecular complexity index is 866. The van der Waals surface area contributed by atoms with Gasteiger partial charge in [-0.05, 0) is 12.0 Å². The first-order valence-corrected chi connectivity index (χ1v) is 11.6. The molecule has 1 aliphatic heterocycles. The van der Waals surface area contributed by atoms with Crippen LogP contribution in [0.2, 0.25) is 0 Å². The van der Waals surface area contributed by atoms with Crippen molar-refractivity contribution in [2.75, 3.05) is 12.3 Å². The number of aliphatic hydroxyl groups is 1. The zero-order chi connectivity index (χ0) is 23.7. The molecule has 0 saturated carbocycles. The molecular formula is C20H25N3O7S2. The predicted molar refractivity (Wildman–Crippen MR) is 122 cm³/mol. The van der Waals surface area contributed by atoms with E-state index in [-0.39, 0.29) is 23.8 Å². The van der Waals surface area contributed by atoms with Crippen LogP contribution in [-0.2, 0) is 19.2 Å². The van der Waals surface area contributed by atoms with Crippen molar-refractivity contribution < 1.29 is 34.5 Å². The lowest BCUT2D eigenvalue weighted by molar-refractivity contribution is -0.139. The highest BCUT2D eigenvalue weighted by Crippen LogP contribution is 2.42. The summed E-state index contributed by atoms with van der Waals surface area (Å²) in [5, 5.41) is 32.3. The number of amides is 2. The fourth-order valence-electron chi connectivity index (χ4n) is 2.72. The summed E-state index contributed by atoms with van der Waals surface area (Å²) in [5.41, 5.74) is 5.60. The first-order chi connectivity index (χ1) is 15.2. The highest BCUT2D eigenvalue weighted by molar-refractivity contribution is 8.10. The third-order valence-electron chi connectivity index (χ3n) is 4.42. The van der Waals surface area contributed by atoms with Gasteiger partial charge in [0.1, 0.15) is 24.1 Å². The van der Waals surface area contributed by atoms with Crippen LogP contribution in [0.1, 0.15) is 18.4 Å². The van der Waals surface area contributed by atoms with Gasteiger partial charge in [0.05, 0.1) is 5.25 Å². The molecule has 1 unspecified atom stereocenters. The Balaban J connectivity index is 2.00. The quantitative estimate of drug-likeness (QED) is 0.238. The van der Waals surface area contributed by atoms with Crippen molar-refractivity contribution in [1.29, 1.82) is 0 Å². The van der Waals surface area contributed by atoms with Gasteiger partial charge in [0.15, 0.2) is 0 Å². The van der Waals surface area contributed by atoms with Gasteiger partial charge in [0.25, 0.3) is 0 Å². The molecule has 0 fully saturated rings. The Kier molecular flexibility index (Phi) is 10.0. The average molecular weight is 484 g/mol. The summed E-state index contributed by atoms with van der Waals surface area (Å²) in [6.07, 6.45) is 1.56. The molecule has 1 aromatic carbocycles. The van der Waals surface area contributed by atoms with Gasteiger partial charge in [-0.1, -0.05) is 48.2 Å². The van der Waals surface area contributed by atoms with E-state index in [1.165, 1.54) is 23.5 Å². The minimum absolute atomic E-state index is 0.0725. The van der Waals surface area contributed by atoms with Gasteiger partial charge < -0.3 is 31.7 Å². The largest absolute Gasteiger partial charge is 0.480 e. The van der Waals surface area contributed by atoms with Crippen LogP contribution in [0.15, 0.2) is 36.4 Å². The Morgan fingerprint density at radius 2 is 1.84 bits per heavy atom. The van der Waals surface area contributed by atoms with E-state index >= 15 is 0 Å². The second kappa shape index (κ2) is 12.5. The van der Waals surface area contributed by atoms with Crippen LogP contribution in [-0.4, -0.2) is 74.1 Å². The highest BCUT2D eigenvalue weighted by Gasteiger charge is 2.30. The standard InChI is InChI=1S/C20H25N3O7S2/c21-12(19(28)29)6-7-16(24)23-13(18(27)22-9-17(25)26)10-31-15-8-14(32-20(15)30)11-4-2-1-3-5-11/h1-5,8,12-13,15,20,30H,6-7,9-10,21H2,(H,22,27)(H,23,24)(H,25,26)(H,28,29)/t12-,13-,15?,20+/m0/s1. The number of nitrogens with one attached hydrogen (secondary N) is 2. The van der Waals surface area contributed by atoms with Gasteiger partial charge in [-0.15, -0.1) is 11.8 Å². The molecular weight excluding hydrogens is 458 g/mol. The summed E-state index contributed by atoms with van der Waals surface area (Å²) in [5.74, 6) is -3.68. The second-order valence-electron chi connectivity index (χ2n) is 6.92. The summed E-state index contributed by atoms with van der Waals surface area (Å²) in [7, 11) is 0. The third-order valence-corrected chi connectivity index (χ3v) is 7.06. The minimum Gasteiger partial charge on any atom is -0.480 e. The van der Waals surface area contributed by atoms with E-state index in [9.17, 15) is 24.3 Å². The van der Waals surface area contributed by atoms with Crippen molar-refractivity contribution in [1.82, 2.24) is 10.6 Å². The van der Waals surface area contributed by atoms with Crippen LogP contribution < -0.4 is 16.4 Å². The Morgan fingerprint density at radius 1 is 1.16 bits per heavy atom. The maximum atomic E-state index is 12.4. The number of carbonyl (C=O) groups is 4. The van der Waals surface area contributed by atoms with Crippen molar-refractivity contribution in [2.24, 2.45) is 5.73 Å². The maximum Gasteiger partial charge on any atom is 0.322 e. The van der Waals surface area contributed by atoms with Crippen LogP contribution in [0.3, 0.4) is 0 Å². The van der Waals surface area contributed by atoms with E-state index in [4.69, 9.17) is 15.9 Å². The van der Waals surface area contributed by atoms with Gasteiger partial charge >= 0.3 is 11.9 Å². The summed E-state index contributed by atoms with van der Waals surface area (Å²) in [4.78, 5) is 47.0. The smallest absolute Gasteiger partial charge is 0.322 e.